The van der Waals surface area contributed by atoms with Gasteiger partial charge in [0, 0.05) is 23.6 Å². The van der Waals surface area contributed by atoms with E-state index in [4.69, 9.17) is 5.73 Å². The molecular formula is C15H14BrN3. The van der Waals surface area contributed by atoms with E-state index >= 15 is 0 Å². The number of pyridine rings is 1. The highest BCUT2D eigenvalue weighted by atomic mass is 79.9. The molecule has 0 bridgehead atoms. The molecule has 0 aliphatic rings. The van der Waals surface area contributed by atoms with Crippen LogP contribution in [0.25, 0.3) is 5.52 Å². The third kappa shape index (κ3) is 2.41. The van der Waals surface area contributed by atoms with Gasteiger partial charge in [-0.2, -0.15) is 0 Å². The zero-order valence-electron chi connectivity index (χ0n) is 10.4. The minimum Gasteiger partial charge on any atom is -0.326 e. The number of imidazole rings is 1. The first-order valence-electron chi connectivity index (χ1n) is 6.16. The Labute approximate surface area is 120 Å². The van der Waals surface area contributed by atoms with E-state index in [9.17, 15) is 0 Å². The number of rotatable bonds is 3. The van der Waals surface area contributed by atoms with Crippen molar-refractivity contribution < 1.29 is 0 Å². The van der Waals surface area contributed by atoms with Crippen LogP contribution < -0.4 is 5.73 Å². The van der Waals surface area contributed by atoms with E-state index in [1.54, 1.807) is 0 Å². The lowest BCUT2D eigenvalue weighted by Crippen LogP contribution is -2.01. The molecule has 2 N–H and O–H groups in total. The number of hydrogen-bond acceptors (Lipinski definition) is 2. The number of nitrogens with zero attached hydrogens (tertiary/aromatic N) is 2. The summed E-state index contributed by atoms with van der Waals surface area (Å²) in [5.41, 5.74) is 9.20. The molecule has 3 nitrogen and oxygen atoms in total. The zero-order chi connectivity index (χ0) is 13.2. The second-order valence-corrected chi connectivity index (χ2v) is 5.39. The Hall–Kier alpha value is -1.65. The molecule has 19 heavy (non-hydrogen) atoms. The average molecular weight is 316 g/mol. The predicted molar refractivity (Wildman–Crippen MR) is 80.0 cm³/mol. The van der Waals surface area contributed by atoms with Gasteiger partial charge in [-0.05, 0) is 29.3 Å². The third-order valence-electron chi connectivity index (χ3n) is 3.21. The van der Waals surface area contributed by atoms with E-state index in [0.29, 0.717) is 6.54 Å². The fraction of sp³-hybridized carbons (Fsp3) is 0.133. The molecule has 96 valence electrons. The van der Waals surface area contributed by atoms with Crippen LogP contribution in [0.3, 0.4) is 0 Å². The standard InChI is InChI=1S/C15H14BrN3/c16-13-5-1-3-11(7-13)8-15-18-10-14-12(9-17)4-2-6-19(14)15/h1-7,10H,8-9,17H2. The summed E-state index contributed by atoms with van der Waals surface area (Å²) in [5, 5.41) is 0. The van der Waals surface area contributed by atoms with Crippen LogP contribution in [0.1, 0.15) is 17.0 Å². The van der Waals surface area contributed by atoms with Crippen molar-refractivity contribution in [1.82, 2.24) is 9.38 Å². The fourth-order valence-corrected chi connectivity index (χ4v) is 2.71. The summed E-state index contributed by atoms with van der Waals surface area (Å²) in [6.45, 7) is 0.534. The SMILES string of the molecule is NCc1cccn2c(Cc3cccc(Br)c3)ncc12. The monoisotopic (exact) mass is 315 g/mol. The molecule has 0 radical (unpaired) electrons. The molecule has 0 saturated carbocycles. The Balaban J connectivity index is 2.02. The molecule has 0 saturated heterocycles. The number of hydrogen-bond donors (Lipinski definition) is 1. The number of aromatic nitrogens is 2. The summed E-state index contributed by atoms with van der Waals surface area (Å²) in [5.74, 6) is 1.03. The molecule has 0 aliphatic heterocycles. The van der Waals surface area contributed by atoms with E-state index < -0.39 is 0 Å². The van der Waals surface area contributed by atoms with Crippen LogP contribution >= 0.6 is 15.9 Å². The zero-order valence-corrected chi connectivity index (χ0v) is 12.0. The lowest BCUT2D eigenvalue weighted by molar-refractivity contribution is 0.951. The van der Waals surface area contributed by atoms with E-state index in [2.05, 4.69) is 37.4 Å². The molecule has 0 amide bonds. The van der Waals surface area contributed by atoms with Crippen molar-refractivity contribution in [2.24, 2.45) is 5.73 Å². The van der Waals surface area contributed by atoms with Gasteiger partial charge in [0.15, 0.2) is 0 Å². The molecule has 2 heterocycles. The van der Waals surface area contributed by atoms with Gasteiger partial charge in [-0.3, -0.25) is 0 Å². The van der Waals surface area contributed by atoms with Crippen LogP contribution in [0.5, 0.6) is 0 Å². The molecule has 0 spiro atoms. The van der Waals surface area contributed by atoms with Gasteiger partial charge < -0.3 is 10.1 Å². The number of benzene rings is 1. The highest BCUT2D eigenvalue weighted by molar-refractivity contribution is 9.10. The van der Waals surface area contributed by atoms with E-state index in [1.165, 1.54) is 5.56 Å². The second-order valence-electron chi connectivity index (χ2n) is 4.47. The second kappa shape index (κ2) is 5.15. The Bertz CT molecular complexity index is 718. The quantitative estimate of drug-likeness (QED) is 0.807. The molecule has 4 heteroatoms. The summed E-state index contributed by atoms with van der Waals surface area (Å²) >= 11 is 3.50. The van der Waals surface area contributed by atoms with Crippen LogP contribution in [0.2, 0.25) is 0 Å². The average Bonchev–Trinajstić information content (AvgIpc) is 2.82. The van der Waals surface area contributed by atoms with Gasteiger partial charge in [-0.25, -0.2) is 4.98 Å². The molecule has 2 aromatic heterocycles. The maximum atomic E-state index is 5.75. The number of nitrogens with two attached hydrogens (primary N) is 1. The topological polar surface area (TPSA) is 43.3 Å². The first kappa shape index (κ1) is 12.4. The molecule has 3 aromatic rings. The minimum atomic E-state index is 0.534. The van der Waals surface area contributed by atoms with Gasteiger partial charge >= 0.3 is 0 Å². The van der Waals surface area contributed by atoms with Gasteiger partial charge in [-0.1, -0.05) is 34.1 Å². The maximum absolute atomic E-state index is 5.75. The van der Waals surface area contributed by atoms with Crippen LogP contribution in [0.15, 0.2) is 53.3 Å². The first-order chi connectivity index (χ1) is 9.28. The molecule has 0 aliphatic carbocycles. The minimum absolute atomic E-state index is 0.534. The molecule has 0 atom stereocenters. The molecular weight excluding hydrogens is 302 g/mol. The van der Waals surface area contributed by atoms with Crippen LogP contribution in [0, 0.1) is 0 Å². The van der Waals surface area contributed by atoms with Gasteiger partial charge in [0.05, 0.1) is 11.7 Å². The van der Waals surface area contributed by atoms with Gasteiger partial charge in [0.2, 0.25) is 0 Å². The number of halogens is 1. The maximum Gasteiger partial charge on any atom is 0.117 e. The van der Waals surface area contributed by atoms with Crippen LogP contribution in [-0.2, 0) is 13.0 Å². The third-order valence-corrected chi connectivity index (χ3v) is 3.70. The van der Waals surface area contributed by atoms with E-state index in [0.717, 1.165) is 27.8 Å². The van der Waals surface area contributed by atoms with Crippen LogP contribution in [0.4, 0.5) is 0 Å². The van der Waals surface area contributed by atoms with Crippen molar-refractivity contribution in [3.8, 4) is 0 Å². The summed E-state index contributed by atoms with van der Waals surface area (Å²) < 4.78 is 3.21. The smallest absolute Gasteiger partial charge is 0.117 e. The highest BCUT2D eigenvalue weighted by Crippen LogP contribution is 2.17. The van der Waals surface area contributed by atoms with Crippen molar-refractivity contribution >= 4 is 21.4 Å². The summed E-state index contributed by atoms with van der Waals surface area (Å²) in [4.78, 5) is 4.52. The first-order valence-corrected chi connectivity index (χ1v) is 6.95. The van der Waals surface area contributed by atoms with Crippen molar-refractivity contribution in [3.63, 3.8) is 0 Å². The number of fused-ring (bicyclic) bond motifs is 1. The summed E-state index contributed by atoms with van der Waals surface area (Å²) in [6, 6.07) is 12.4. The molecule has 3 rings (SSSR count). The van der Waals surface area contributed by atoms with Crippen LogP contribution in [-0.4, -0.2) is 9.38 Å². The summed E-state index contributed by atoms with van der Waals surface area (Å²) in [6.07, 6.45) is 4.74. The fourth-order valence-electron chi connectivity index (χ4n) is 2.27. The van der Waals surface area contributed by atoms with Gasteiger partial charge in [-0.15, -0.1) is 0 Å². The van der Waals surface area contributed by atoms with E-state index in [1.807, 2.05) is 36.7 Å². The Morgan fingerprint density at radius 2 is 2.11 bits per heavy atom. The lowest BCUT2D eigenvalue weighted by Gasteiger charge is -2.04. The lowest BCUT2D eigenvalue weighted by atomic mass is 10.1. The normalized spacial score (nSPS) is 11.1. The van der Waals surface area contributed by atoms with Crippen molar-refractivity contribution in [1.29, 1.82) is 0 Å². The van der Waals surface area contributed by atoms with E-state index in [-0.39, 0.29) is 0 Å². The molecule has 0 unspecified atom stereocenters. The Kier molecular flexibility index (Phi) is 3.36. The largest absolute Gasteiger partial charge is 0.326 e. The highest BCUT2D eigenvalue weighted by Gasteiger charge is 2.07. The Morgan fingerprint density at radius 3 is 2.89 bits per heavy atom. The van der Waals surface area contributed by atoms with Crippen molar-refractivity contribution in [2.45, 2.75) is 13.0 Å². The predicted octanol–water partition coefficient (Wildman–Crippen LogP) is 3.15. The van der Waals surface area contributed by atoms with Crippen molar-refractivity contribution in [2.75, 3.05) is 0 Å². The van der Waals surface area contributed by atoms with Gasteiger partial charge in [0.25, 0.3) is 0 Å². The molecule has 0 fully saturated rings. The van der Waals surface area contributed by atoms with Gasteiger partial charge in [0.1, 0.15) is 5.82 Å². The Morgan fingerprint density at radius 1 is 1.21 bits per heavy atom. The summed E-state index contributed by atoms with van der Waals surface area (Å²) in [7, 11) is 0. The van der Waals surface area contributed by atoms with Crippen molar-refractivity contribution in [3.05, 3.63) is 70.2 Å². The molecule has 1 aromatic carbocycles.